The standard InChI is InChI=1S/C13H29N3O/c1-11(2)16(12(3)4)10-9-15-8-6-5-7-13(14)17/h11-12,15H,5-10H2,1-4H3,(H2,14,17). The van der Waals surface area contributed by atoms with Gasteiger partial charge in [-0.2, -0.15) is 0 Å². The summed E-state index contributed by atoms with van der Waals surface area (Å²) in [4.78, 5) is 13.0. The molecule has 4 nitrogen and oxygen atoms in total. The molecule has 0 aromatic rings. The van der Waals surface area contributed by atoms with Crippen molar-refractivity contribution >= 4 is 5.91 Å². The van der Waals surface area contributed by atoms with Crippen LogP contribution >= 0.6 is 0 Å². The van der Waals surface area contributed by atoms with Gasteiger partial charge in [-0.05, 0) is 47.1 Å². The van der Waals surface area contributed by atoms with E-state index < -0.39 is 0 Å². The summed E-state index contributed by atoms with van der Waals surface area (Å²) >= 11 is 0. The minimum absolute atomic E-state index is 0.198. The van der Waals surface area contributed by atoms with Gasteiger partial charge >= 0.3 is 0 Å². The van der Waals surface area contributed by atoms with E-state index in [9.17, 15) is 4.79 Å². The zero-order valence-electron chi connectivity index (χ0n) is 11.8. The van der Waals surface area contributed by atoms with Crippen molar-refractivity contribution in [3.05, 3.63) is 0 Å². The summed E-state index contributed by atoms with van der Waals surface area (Å²) in [6.07, 6.45) is 2.42. The third kappa shape index (κ3) is 9.12. The lowest BCUT2D eigenvalue weighted by Gasteiger charge is -2.30. The number of nitrogens with one attached hydrogen (secondary N) is 1. The molecule has 1 amide bonds. The summed E-state index contributed by atoms with van der Waals surface area (Å²) in [6.45, 7) is 12.0. The fourth-order valence-corrected chi connectivity index (χ4v) is 2.00. The number of carbonyl (C=O) groups excluding carboxylic acids is 1. The van der Waals surface area contributed by atoms with Gasteiger partial charge in [0.2, 0.25) is 5.91 Å². The number of rotatable bonds is 10. The van der Waals surface area contributed by atoms with Crippen molar-refractivity contribution in [2.24, 2.45) is 5.73 Å². The van der Waals surface area contributed by atoms with Crippen LogP contribution < -0.4 is 11.1 Å². The number of carbonyl (C=O) groups is 1. The van der Waals surface area contributed by atoms with E-state index in [4.69, 9.17) is 5.73 Å². The molecule has 0 aliphatic rings. The Morgan fingerprint density at radius 3 is 2.18 bits per heavy atom. The van der Waals surface area contributed by atoms with Gasteiger partial charge in [0.1, 0.15) is 0 Å². The maximum Gasteiger partial charge on any atom is 0.217 e. The molecule has 0 fully saturated rings. The minimum Gasteiger partial charge on any atom is -0.370 e. The van der Waals surface area contributed by atoms with Gasteiger partial charge in [-0.1, -0.05) is 0 Å². The molecule has 0 bridgehead atoms. The first-order chi connectivity index (χ1) is 7.95. The van der Waals surface area contributed by atoms with Crippen LogP contribution in [0.4, 0.5) is 0 Å². The maximum absolute atomic E-state index is 10.5. The van der Waals surface area contributed by atoms with Gasteiger partial charge in [0, 0.05) is 31.6 Å². The summed E-state index contributed by atoms with van der Waals surface area (Å²) < 4.78 is 0. The van der Waals surface area contributed by atoms with Gasteiger partial charge in [-0.15, -0.1) is 0 Å². The number of primary amides is 1. The highest BCUT2D eigenvalue weighted by Crippen LogP contribution is 2.03. The fourth-order valence-electron chi connectivity index (χ4n) is 2.00. The van der Waals surface area contributed by atoms with Gasteiger partial charge in [0.15, 0.2) is 0 Å². The van der Waals surface area contributed by atoms with Crippen LogP contribution in [0.25, 0.3) is 0 Å². The molecule has 0 radical (unpaired) electrons. The molecule has 0 unspecified atom stereocenters. The maximum atomic E-state index is 10.5. The second-order valence-electron chi connectivity index (χ2n) is 5.10. The quantitative estimate of drug-likeness (QED) is 0.569. The van der Waals surface area contributed by atoms with Crippen LogP contribution in [0.1, 0.15) is 47.0 Å². The number of hydrogen-bond acceptors (Lipinski definition) is 3. The van der Waals surface area contributed by atoms with E-state index in [2.05, 4.69) is 37.9 Å². The molecular weight excluding hydrogens is 214 g/mol. The molecule has 0 aliphatic carbocycles. The second kappa shape index (κ2) is 9.42. The molecule has 0 saturated carbocycles. The van der Waals surface area contributed by atoms with Crippen molar-refractivity contribution in [2.45, 2.75) is 59.0 Å². The number of nitrogens with zero attached hydrogens (tertiary/aromatic N) is 1. The van der Waals surface area contributed by atoms with Crippen LogP contribution in [0, 0.1) is 0 Å². The molecule has 0 aromatic heterocycles. The highest BCUT2D eigenvalue weighted by atomic mass is 16.1. The molecule has 0 aromatic carbocycles. The van der Waals surface area contributed by atoms with Crippen LogP contribution in [-0.2, 0) is 4.79 Å². The van der Waals surface area contributed by atoms with Gasteiger partial charge in [0.25, 0.3) is 0 Å². The third-order valence-corrected chi connectivity index (χ3v) is 2.90. The molecule has 0 rings (SSSR count). The van der Waals surface area contributed by atoms with Crippen LogP contribution in [0.15, 0.2) is 0 Å². The Bertz CT molecular complexity index is 197. The van der Waals surface area contributed by atoms with E-state index in [1.807, 2.05) is 0 Å². The van der Waals surface area contributed by atoms with Crippen molar-refractivity contribution in [2.75, 3.05) is 19.6 Å². The molecular formula is C13H29N3O. The normalized spacial score (nSPS) is 11.7. The summed E-state index contributed by atoms with van der Waals surface area (Å²) in [5.74, 6) is -0.198. The largest absolute Gasteiger partial charge is 0.370 e. The third-order valence-electron chi connectivity index (χ3n) is 2.90. The van der Waals surface area contributed by atoms with Gasteiger partial charge in [-0.25, -0.2) is 0 Å². The smallest absolute Gasteiger partial charge is 0.217 e. The molecule has 0 saturated heterocycles. The van der Waals surface area contributed by atoms with Gasteiger partial charge in [-0.3, -0.25) is 9.69 Å². The predicted octanol–water partition coefficient (Wildman–Crippen LogP) is 1.35. The Hall–Kier alpha value is -0.610. The summed E-state index contributed by atoms with van der Waals surface area (Å²) in [5.41, 5.74) is 5.07. The van der Waals surface area contributed by atoms with Crippen LogP contribution in [0.3, 0.4) is 0 Å². The zero-order chi connectivity index (χ0) is 13.3. The average Bonchev–Trinajstić information content (AvgIpc) is 2.20. The molecule has 4 heteroatoms. The van der Waals surface area contributed by atoms with Crippen molar-refractivity contribution < 1.29 is 4.79 Å². The monoisotopic (exact) mass is 243 g/mol. The SMILES string of the molecule is CC(C)N(CCNCCCCC(N)=O)C(C)C. The number of nitrogens with two attached hydrogens (primary N) is 1. The highest BCUT2D eigenvalue weighted by molar-refractivity contribution is 5.73. The Morgan fingerprint density at radius 1 is 1.12 bits per heavy atom. The first kappa shape index (κ1) is 16.4. The topological polar surface area (TPSA) is 58.4 Å². The Balaban J connectivity index is 3.46. The summed E-state index contributed by atoms with van der Waals surface area (Å²) in [7, 11) is 0. The Morgan fingerprint density at radius 2 is 1.71 bits per heavy atom. The zero-order valence-corrected chi connectivity index (χ0v) is 11.8. The molecule has 0 atom stereocenters. The lowest BCUT2D eigenvalue weighted by Crippen LogP contribution is -2.41. The molecule has 0 heterocycles. The van der Waals surface area contributed by atoms with Crippen LogP contribution in [0.5, 0.6) is 0 Å². The van der Waals surface area contributed by atoms with Crippen molar-refractivity contribution in [3.63, 3.8) is 0 Å². The highest BCUT2D eigenvalue weighted by Gasteiger charge is 2.11. The van der Waals surface area contributed by atoms with E-state index in [1.165, 1.54) is 0 Å². The van der Waals surface area contributed by atoms with Crippen LogP contribution in [0.2, 0.25) is 0 Å². The van der Waals surface area contributed by atoms with Gasteiger partial charge < -0.3 is 11.1 Å². The molecule has 102 valence electrons. The second-order valence-corrected chi connectivity index (χ2v) is 5.10. The van der Waals surface area contributed by atoms with Crippen molar-refractivity contribution in [1.29, 1.82) is 0 Å². The summed E-state index contributed by atoms with van der Waals surface area (Å²) in [6, 6.07) is 1.18. The van der Waals surface area contributed by atoms with Crippen molar-refractivity contribution in [3.8, 4) is 0 Å². The summed E-state index contributed by atoms with van der Waals surface area (Å²) in [5, 5.41) is 3.41. The minimum atomic E-state index is -0.198. The van der Waals surface area contributed by atoms with Gasteiger partial charge in [0.05, 0.1) is 0 Å². The molecule has 0 spiro atoms. The van der Waals surface area contributed by atoms with E-state index in [1.54, 1.807) is 0 Å². The first-order valence-corrected chi connectivity index (χ1v) is 6.70. The Kier molecular flexibility index (Phi) is 9.09. The first-order valence-electron chi connectivity index (χ1n) is 6.70. The lowest BCUT2D eigenvalue weighted by atomic mass is 10.2. The number of amides is 1. The molecule has 3 N–H and O–H groups in total. The van der Waals surface area contributed by atoms with E-state index in [0.717, 1.165) is 32.5 Å². The fraction of sp³-hybridized carbons (Fsp3) is 0.923. The predicted molar refractivity (Wildman–Crippen MR) is 72.9 cm³/mol. The Labute approximate surface area is 106 Å². The average molecular weight is 243 g/mol. The molecule has 17 heavy (non-hydrogen) atoms. The van der Waals surface area contributed by atoms with E-state index in [-0.39, 0.29) is 5.91 Å². The lowest BCUT2D eigenvalue weighted by molar-refractivity contribution is -0.118. The molecule has 0 aliphatic heterocycles. The number of hydrogen-bond donors (Lipinski definition) is 2. The van der Waals surface area contributed by atoms with Crippen molar-refractivity contribution in [1.82, 2.24) is 10.2 Å². The van der Waals surface area contributed by atoms with E-state index in [0.29, 0.717) is 18.5 Å². The van der Waals surface area contributed by atoms with E-state index >= 15 is 0 Å². The number of unbranched alkanes of at least 4 members (excludes halogenated alkanes) is 1. The van der Waals surface area contributed by atoms with Crippen LogP contribution in [-0.4, -0.2) is 42.5 Å².